The van der Waals surface area contributed by atoms with Gasteiger partial charge in [0.15, 0.2) is 11.6 Å². The van der Waals surface area contributed by atoms with E-state index in [1.165, 1.54) is 45.6 Å². The summed E-state index contributed by atoms with van der Waals surface area (Å²) in [4.78, 5) is 51.5. The average molecular weight is 625 g/mol. The Kier molecular flexibility index (Phi) is 8.00. The van der Waals surface area contributed by atoms with Crippen molar-refractivity contribution in [3.63, 3.8) is 0 Å². The van der Waals surface area contributed by atoms with Crippen LogP contribution >= 0.6 is 0 Å². The lowest BCUT2D eigenvalue weighted by Gasteiger charge is -2.61. The van der Waals surface area contributed by atoms with Crippen LogP contribution in [0.25, 0.3) is 0 Å². The van der Waals surface area contributed by atoms with Gasteiger partial charge in [0.05, 0.1) is 12.7 Å². The lowest BCUT2D eigenvalue weighted by molar-refractivity contribution is -0.141. The van der Waals surface area contributed by atoms with Gasteiger partial charge in [0.2, 0.25) is 0 Å². The molecule has 0 spiro atoms. The second-order valence-corrected chi connectivity index (χ2v) is 15.7. The largest absolute Gasteiger partial charge is 0.469 e. The van der Waals surface area contributed by atoms with Gasteiger partial charge in [-0.05, 0) is 129 Å². The highest BCUT2D eigenvalue weighted by atomic mass is 16.5. The lowest BCUT2D eigenvalue weighted by atomic mass is 9.44. The van der Waals surface area contributed by atoms with Gasteiger partial charge in [0.25, 0.3) is 0 Å². The Hall–Kier alpha value is -3.28. The third-order valence-corrected chi connectivity index (χ3v) is 13.8. The summed E-state index contributed by atoms with van der Waals surface area (Å²) >= 11 is 0. The van der Waals surface area contributed by atoms with E-state index >= 15 is 0 Å². The minimum absolute atomic E-state index is 0.0942. The van der Waals surface area contributed by atoms with Crippen LogP contribution in [0.3, 0.4) is 0 Å². The predicted molar refractivity (Wildman–Crippen MR) is 175 cm³/mol. The third-order valence-electron chi connectivity index (χ3n) is 13.8. The molecule has 0 bridgehead atoms. The van der Waals surface area contributed by atoms with Crippen molar-refractivity contribution in [2.45, 2.75) is 97.5 Å². The van der Waals surface area contributed by atoms with Crippen LogP contribution in [0.5, 0.6) is 0 Å². The fourth-order valence-corrected chi connectivity index (χ4v) is 11.4. The summed E-state index contributed by atoms with van der Waals surface area (Å²) in [7, 11) is 1.48. The molecule has 1 unspecified atom stereocenters. The second kappa shape index (κ2) is 11.8. The number of ether oxygens (including phenoxy) is 2. The van der Waals surface area contributed by atoms with Crippen LogP contribution in [0.15, 0.2) is 42.5 Å². The maximum Gasteiger partial charge on any atom is 0.338 e. The number of fused-ring (bicyclic) bond motifs is 7. The fourth-order valence-electron chi connectivity index (χ4n) is 11.4. The normalized spacial score (nSPS) is 35.1. The van der Waals surface area contributed by atoms with Crippen molar-refractivity contribution in [1.82, 2.24) is 0 Å². The second-order valence-electron chi connectivity index (χ2n) is 15.7. The Bertz CT molecular complexity index is 1580. The number of methoxy groups -OCH3 is 1. The zero-order valence-corrected chi connectivity index (χ0v) is 27.8. The molecule has 2 aromatic carbocycles. The van der Waals surface area contributed by atoms with Crippen LogP contribution in [0.2, 0.25) is 0 Å². The van der Waals surface area contributed by atoms with E-state index < -0.39 is 5.97 Å². The molecule has 244 valence electrons. The summed E-state index contributed by atoms with van der Waals surface area (Å²) in [5.41, 5.74) is 2.39. The molecule has 4 saturated carbocycles. The summed E-state index contributed by atoms with van der Waals surface area (Å²) in [6.45, 7) is 7.45. The molecule has 0 radical (unpaired) electrons. The summed E-state index contributed by atoms with van der Waals surface area (Å²) in [6, 6.07) is 11.6. The van der Waals surface area contributed by atoms with E-state index in [0.29, 0.717) is 51.8 Å². The topological polar surface area (TPSA) is 86.7 Å². The van der Waals surface area contributed by atoms with Crippen LogP contribution < -0.4 is 0 Å². The van der Waals surface area contributed by atoms with Gasteiger partial charge in [-0.15, -0.1) is 0 Å². The Labute approximate surface area is 273 Å². The number of ketones is 2. The highest BCUT2D eigenvalue weighted by Gasteiger charge is 2.60. The average Bonchev–Trinajstić information content (AvgIpc) is 3.43. The molecule has 6 heteroatoms. The molecular formula is C40H48O6. The summed E-state index contributed by atoms with van der Waals surface area (Å²) in [6.07, 6.45) is 11.7. The first kappa shape index (κ1) is 31.3. The Balaban J connectivity index is 1.00. The van der Waals surface area contributed by atoms with Gasteiger partial charge >= 0.3 is 11.9 Å². The quantitative estimate of drug-likeness (QED) is 0.257. The molecule has 5 aliphatic rings. The van der Waals surface area contributed by atoms with Crippen molar-refractivity contribution >= 4 is 23.5 Å². The monoisotopic (exact) mass is 624 g/mol. The van der Waals surface area contributed by atoms with E-state index in [2.05, 4.69) is 20.8 Å². The van der Waals surface area contributed by atoms with Crippen molar-refractivity contribution in [2.75, 3.05) is 7.11 Å². The maximum atomic E-state index is 13.4. The van der Waals surface area contributed by atoms with Gasteiger partial charge in [0.1, 0.15) is 6.10 Å². The SMILES string of the molecule is COC(=O)CC[C@@H](C)[C@H]1CC[C@H]2[C@@H]3CCC4C[C@H](OC(=O)c5ccc6c(c5)C(=O)c5ccccc5C6=O)CC[C@]4(C)[C@H]3CC[C@]12C. The van der Waals surface area contributed by atoms with Crippen LogP contribution in [-0.4, -0.2) is 36.7 Å². The van der Waals surface area contributed by atoms with Crippen LogP contribution in [0.1, 0.15) is 134 Å². The van der Waals surface area contributed by atoms with Crippen molar-refractivity contribution in [2.24, 2.45) is 46.3 Å². The van der Waals surface area contributed by atoms with Gasteiger partial charge in [-0.3, -0.25) is 14.4 Å². The number of carbonyl (C=O) groups is 4. The standard InChI is InChI=1S/C40H48O6/c1-23(9-16-35(41)45-4)32-14-15-33-30-13-11-25-22-26(17-19-39(25,2)34(30)18-20-40(32,33)3)46-38(44)24-10-12-29-31(21-24)37(43)28-8-6-5-7-27(28)36(29)42/h5-8,10,12,21,23,25-26,30,32-34H,9,11,13-20,22H2,1-4H3/t23-,25?,26-,30+,32-,33+,34+,39+,40-/m1/s1. The van der Waals surface area contributed by atoms with E-state index in [9.17, 15) is 19.2 Å². The van der Waals surface area contributed by atoms with Gasteiger partial charge in [-0.25, -0.2) is 4.79 Å². The number of hydrogen-bond donors (Lipinski definition) is 0. The first-order chi connectivity index (χ1) is 22.0. The molecular weight excluding hydrogens is 576 g/mol. The predicted octanol–water partition coefficient (Wildman–Crippen LogP) is 8.24. The van der Waals surface area contributed by atoms with Crippen molar-refractivity contribution in [3.05, 3.63) is 70.3 Å². The van der Waals surface area contributed by atoms with Crippen LogP contribution in [-0.2, 0) is 14.3 Å². The Morgan fingerprint density at radius 3 is 2.24 bits per heavy atom. The van der Waals surface area contributed by atoms with E-state index in [0.717, 1.165) is 43.4 Å². The minimum Gasteiger partial charge on any atom is -0.469 e. The zero-order valence-electron chi connectivity index (χ0n) is 27.8. The fraction of sp³-hybridized carbons (Fsp3) is 0.600. The van der Waals surface area contributed by atoms with E-state index in [1.807, 2.05) is 0 Å². The van der Waals surface area contributed by atoms with Crippen molar-refractivity contribution < 1.29 is 28.7 Å². The van der Waals surface area contributed by atoms with Crippen molar-refractivity contribution in [1.29, 1.82) is 0 Å². The van der Waals surface area contributed by atoms with Crippen LogP contribution in [0, 0.1) is 46.3 Å². The molecule has 0 heterocycles. The van der Waals surface area contributed by atoms with E-state index in [4.69, 9.17) is 9.47 Å². The zero-order chi connectivity index (χ0) is 32.4. The molecule has 0 saturated heterocycles. The number of rotatable bonds is 6. The third kappa shape index (κ3) is 4.97. The smallest absolute Gasteiger partial charge is 0.338 e. The highest BCUT2D eigenvalue weighted by molar-refractivity contribution is 6.28. The molecule has 0 aromatic heterocycles. The molecule has 6 nitrogen and oxygen atoms in total. The lowest BCUT2D eigenvalue weighted by Crippen LogP contribution is -2.54. The molecule has 5 aliphatic carbocycles. The van der Waals surface area contributed by atoms with Gasteiger partial charge in [-0.2, -0.15) is 0 Å². The van der Waals surface area contributed by atoms with E-state index in [-0.39, 0.29) is 34.6 Å². The number of esters is 2. The molecule has 0 amide bonds. The summed E-state index contributed by atoms with van der Waals surface area (Å²) < 4.78 is 11.1. The summed E-state index contributed by atoms with van der Waals surface area (Å²) in [5, 5.41) is 0. The molecule has 2 aromatic rings. The molecule has 4 fully saturated rings. The molecule has 46 heavy (non-hydrogen) atoms. The molecule has 7 rings (SSSR count). The number of carbonyl (C=O) groups excluding carboxylic acids is 4. The molecule has 0 aliphatic heterocycles. The maximum absolute atomic E-state index is 13.4. The minimum atomic E-state index is -0.407. The summed E-state index contributed by atoms with van der Waals surface area (Å²) in [5.74, 6) is 3.09. The van der Waals surface area contributed by atoms with Crippen LogP contribution in [0.4, 0.5) is 0 Å². The number of benzene rings is 2. The molecule has 0 N–H and O–H groups in total. The van der Waals surface area contributed by atoms with E-state index in [1.54, 1.807) is 42.5 Å². The van der Waals surface area contributed by atoms with Gasteiger partial charge < -0.3 is 9.47 Å². The first-order valence-corrected chi connectivity index (χ1v) is 17.7. The van der Waals surface area contributed by atoms with Crippen molar-refractivity contribution in [3.8, 4) is 0 Å². The van der Waals surface area contributed by atoms with Gasteiger partial charge in [0, 0.05) is 28.7 Å². The van der Waals surface area contributed by atoms with Gasteiger partial charge in [-0.1, -0.05) is 45.0 Å². The first-order valence-electron chi connectivity index (χ1n) is 17.7. The Morgan fingerprint density at radius 1 is 0.826 bits per heavy atom. The highest BCUT2D eigenvalue weighted by Crippen LogP contribution is 2.68. The Morgan fingerprint density at radius 2 is 1.50 bits per heavy atom. The molecule has 9 atom stereocenters. The number of hydrogen-bond acceptors (Lipinski definition) is 6.